The molecule has 0 aliphatic carbocycles. The molecule has 0 heterocycles. The Morgan fingerprint density at radius 3 is 2.62 bits per heavy atom. The maximum atomic E-state index is 12.1. The molecule has 0 unspecified atom stereocenters. The molecule has 0 atom stereocenters. The minimum Gasteiger partial charge on any atom is -0.385 e. The lowest BCUT2D eigenvalue weighted by Crippen LogP contribution is -2.26. The summed E-state index contributed by atoms with van der Waals surface area (Å²) in [5.74, 6) is 0.0698. The maximum absolute atomic E-state index is 12.1. The van der Waals surface area contributed by atoms with Crippen LogP contribution in [0.1, 0.15) is 44.0 Å². The monoisotopic (exact) mass is 293 g/mol. The highest BCUT2D eigenvalue weighted by Crippen LogP contribution is 2.22. The Hall–Kier alpha value is -2.11. The molecule has 0 fully saturated rings. The fraction of sp³-hybridized carbons (Fsp3) is 0.533. The molecular weight excluding hydrogens is 270 g/mol. The smallest absolute Gasteiger partial charge is 0.282 e. The molecule has 2 N–H and O–H groups in total. The summed E-state index contributed by atoms with van der Waals surface area (Å²) >= 11 is 0. The number of nitro groups is 1. The third-order valence-electron chi connectivity index (χ3n) is 3.02. The number of nitro benzene ring substituents is 1. The van der Waals surface area contributed by atoms with Crippen LogP contribution in [0.5, 0.6) is 0 Å². The van der Waals surface area contributed by atoms with Crippen LogP contribution in [0.25, 0.3) is 0 Å². The van der Waals surface area contributed by atoms with Gasteiger partial charge < -0.3 is 10.6 Å². The molecule has 1 rings (SSSR count). The van der Waals surface area contributed by atoms with E-state index < -0.39 is 10.8 Å². The Morgan fingerprint density at radius 2 is 2.05 bits per heavy atom. The van der Waals surface area contributed by atoms with E-state index in [-0.39, 0.29) is 11.3 Å². The van der Waals surface area contributed by atoms with Crippen LogP contribution < -0.4 is 10.6 Å². The van der Waals surface area contributed by atoms with E-state index in [1.807, 2.05) is 6.92 Å². The first-order valence-corrected chi connectivity index (χ1v) is 7.26. The van der Waals surface area contributed by atoms with Crippen molar-refractivity contribution < 1.29 is 9.72 Å². The van der Waals surface area contributed by atoms with Crippen LogP contribution >= 0.6 is 0 Å². The van der Waals surface area contributed by atoms with Gasteiger partial charge in [0, 0.05) is 24.8 Å². The number of hydrogen-bond donors (Lipinski definition) is 2. The first kappa shape index (κ1) is 16.9. The Balaban J connectivity index is 2.89. The van der Waals surface area contributed by atoms with E-state index in [4.69, 9.17) is 0 Å². The first-order valence-electron chi connectivity index (χ1n) is 7.26. The fourth-order valence-corrected chi connectivity index (χ4v) is 1.83. The molecular formula is C15H23N3O3. The van der Waals surface area contributed by atoms with Crippen LogP contribution in [0.3, 0.4) is 0 Å². The molecule has 116 valence electrons. The third-order valence-corrected chi connectivity index (χ3v) is 3.02. The molecule has 0 radical (unpaired) electrons. The molecule has 0 aliphatic heterocycles. The van der Waals surface area contributed by atoms with Gasteiger partial charge in [-0.1, -0.05) is 20.8 Å². The molecule has 0 aliphatic rings. The van der Waals surface area contributed by atoms with Gasteiger partial charge in [-0.05, 0) is 30.9 Å². The molecule has 1 aromatic carbocycles. The SMILES string of the molecule is CCCNc1ccc([N+](=O)[O-])c(C(=O)NCCC(C)C)c1. The molecule has 6 nitrogen and oxygen atoms in total. The maximum Gasteiger partial charge on any atom is 0.282 e. The van der Waals surface area contributed by atoms with Crippen LogP contribution in [0.2, 0.25) is 0 Å². The van der Waals surface area contributed by atoms with Gasteiger partial charge in [0.2, 0.25) is 0 Å². The zero-order valence-corrected chi connectivity index (χ0v) is 12.8. The lowest BCUT2D eigenvalue weighted by molar-refractivity contribution is -0.385. The standard InChI is InChI=1S/C15H23N3O3/c1-4-8-16-12-5-6-14(18(20)21)13(10-12)15(19)17-9-7-11(2)3/h5-6,10-11,16H,4,7-9H2,1-3H3,(H,17,19). The summed E-state index contributed by atoms with van der Waals surface area (Å²) in [5.41, 5.74) is 0.653. The van der Waals surface area contributed by atoms with Crippen LogP contribution in [0, 0.1) is 16.0 Å². The quantitative estimate of drug-likeness (QED) is 0.569. The van der Waals surface area contributed by atoms with Crippen LogP contribution in [0.4, 0.5) is 11.4 Å². The zero-order chi connectivity index (χ0) is 15.8. The average Bonchev–Trinajstić information content (AvgIpc) is 2.44. The van der Waals surface area contributed by atoms with Gasteiger partial charge in [-0.3, -0.25) is 14.9 Å². The number of carbonyl (C=O) groups excluding carboxylic acids is 1. The van der Waals surface area contributed by atoms with Crippen molar-refractivity contribution in [3.63, 3.8) is 0 Å². The minimum atomic E-state index is -0.527. The average molecular weight is 293 g/mol. The molecule has 21 heavy (non-hydrogen) atoms. The highest BCUT2D eigenvalue weighted by Gasteiger charge is 2.20. The second-order valence-corrected chi connectivity index (χ2v) is 5.35. The van der Waals surface area contributed by atoms with Gasteiger partial charge in [0.15, 0.2) is 0 Å². The summed E-state index contributed by atoms with van der Waals surface area (Å²) in [5, 5.41) is 16.9. The van der Waals surface area contributed by atoms with E-state index in [0.29, 0.717) is 12.5 Å². The number of nitrogens with zero attached hydrogens (tertiary/aromatic N) is 1. The molecule has 1 amide bonds. The van der Waals surface area contributed by atoms with Gasteiger partial charge in [0.05, 0.1) is 4.92 Å². The molecule has 0 spiro atoms. The molecule has 0 aromatic heterocycles. The van der Waals surface area contributed by atoms with E-state index in [9.17, 15) is 14.9 Å². The van der Waals surface area contributed by atoms with Crippen LogP contribution in [-0.4, -0.2) is 23.9 Å². The number of benzene rings is 1. The van der Waals surface area contributed by atoms with Crippen molar-refractivity contribution in [3.05, 3.63) is 33.9 Å². The van der Waals surface area contributed by atoms with Crippen molar-refractivity contribution in [1.29, 1.82) is 0 Å². The summed E-state index contributed by atoms with van der Waals surface area (Å²) in [7, 11) is 0. The number of rotatable bonds is 8. The van der Waals surface area contributed by atoms with Gasteiger partial charge in [-0.15, -0.1) is 0 Å². The van der Waals surface area contributed by atoms with Crippen molar-refractivity contribution in [1.82, 2.24) is 5.32 Å². The fourth-order valence-electron chi connectivity index (χ4n) is 1.83. The molecule has 6 heteroatoms. The van der Waals surface area contributed by atoms with Crippen LogP contribution in [0.15, 0.2) is 18.2 Å². The van der Waals surface area contributed by atoms with Crippen molar-refractivity contribution in [2.24, 2.45) is 5.92 Å². The summed E-state index contributed by atoms with van der Waals surface area (Å²) in [6.45, 7) is 7.41. The largest absolute Gasteiger partial charge is 0.385 e. The van der Waals surface area contributed by atoms with E-state index in [1.165, 1.54) is 6.07 Å². The van der Waals surface area contributed by atoms with Gasteiger partial charge in [0.25, 0.3) is 11.6 Å². The lowest BCUT2D eigenvalue weighted by atomic mass is 10.1. The summed E-state index contributed by atoms with van der Waals surface area (Å²) in [6, 6.07) is 4.53. The predicted octanol–water partition coefficient (Wildman–Crippen LogP) is 3.19. The van der Waals surface area contributed by atoms with Crippen molar-refractivity contribution in [3.8, 4) is 0 Å². The molecule has 0 saturated heterocycles. The Labute approximate surface area is 125 Å². The first-order chi connectivity index (χ1) is 9.95. The topological polar surface area (TPSA) is 84.3 Å². The number of nitrogens with one attached hydrogen (secondary N) is 2. The van der Waals surface area contributed by atoms with Crippen molar-refractivity contribution >= 4 is 17.3 Å². The zero-order valence-electron chi connectivity index (χ0n) is 12.8. The summed E-state index contributed by atoms with van der Waals surface area (Å²) in [6.07, 6.45) is 1.78. The van der Waals surface area contributed by atoms with Crippen molar-refractivity contribution in [2.75, 3.05) is 18.4 Å². The second-order valence-electron chi connectivity index (χ2n) is 5.35. The van der Waals surface area contributed by atoms with Gasteiger partial charge in [-0.25, -0.2) is 0 Å². The van der Waals surface area contributed by atoms with Gasteiger partial charge in [-0.2, -0.15) is 0 Å². The highest BCUT2D eigenvalue weighted by atomic mass is 16.6. The Morgan fingerprint density at radius 1 is 1.33 bits per heavy atom. The summed E-state index contributed by atoms with van der Waals surface area (Å²) < 4.78 is 0. The Kier molecular flexibility index (Phi) is 6.65. The van der Waals surface area contributed by atoms with E-state index in [0.717, 1.165) is 25.1 Å². The van der Waals surface area contributed by atoms with E-state index in [1.54, 1.807) is 12.1 Å². The second kappa shape index (κ2) is 8.24. The number of anilines is 1. The van der Waals surface area contributed by atoms with Crippen molar-refractivity contribution in [2.45, 2.75) is 33.6 Å². The number of hydrogen-bond acceptors (Lipinski definition) is 4. The molecule has 0 saturated carbocycles. The molecule has 1 aromatic rings. The lowest BCUT2D eigenvalue weighted by Gasteiger charge is -2.10. The Bertz CT molecular complexity index is 501. The molecule has 0 bridgehead atoms. The van der Waals surface area contributed by atoms with E-state index >= 15 is 0 Å². The van der Waals surface area contributed by atoms with Crippen LogP contribution in [-0.2, 0) is 0 Å². The van der Waals surface area contributed by atoms with Gasteiger partial charge in [0.1, 0.15) is 5.56 Å². The highest BCUT2D eigenvalue weighted by molar-refractivity contribution is 5.99. The third kappa shape index (κ3) is 5.41. The minimum absolute atomic E-state index is 0.102. The van der Waals surface area contributed by atoms with Gasteiger partial charge >= 0.3 is 0 Å². The summed E-state index contributed by atoms with van der Waals surface area (Å²) in [4.78, 5) is 22.6. The number of carbonyl (C=O) groups is 1. The predicted molar refractivity (Wildman–Crippen MR) is 83.7 cm³/mol. The van der Waals surface area contributed by atoms with E-state index in [2.05, 4.69) is 24.5 Å². The normalized spacial score (nSPS) is 10.5. The number of amides is 1.